The molecule has 0 bridgehead atoms. The zero-order valence-electron chi connectivity index (χ0n) is 11.7. The largest absolute Gasteiger partial charge is 0.477 e. The van der Waals surface area contributed by atoms with Gasteiger partial charge in [-0.1, -0.05) is 5.21 Å². The van der Waals surface area contributed by atoms with Gasteiger partial charge in [0.25, 0.3) is 0 Å². The third kappa shape index (κ3) is 1.81. The molecule has 1 aromatic carbocycles. The number of aromatic nitrogens is 4. The molecule has 7 nitrogen and oxygen atoms in total. The van der Waals surface area contributed by atoms with Crippen molar-refractivity contribution in [3.63, 3.8) is 0 Å². The van der Waals surface area contributed by atoms with Crippen LogP contribution in [0.2, 0.25) is 0 Å². The Hall–Kier alpha value is -2.70. The minimum Gasteiger partial charge on any atom is -0.477 e. The maximum Gasteiger partial charge on any atom is 0.341 e. The number of carbonyl (C=O) groups is 1. The molecule has 0 amide bonds. The summed E-state index contributed by atoms with van der Waals surface area (Å²) >= 11 is 0. The molecule has 2 heterocycles. The number of nitrogens with zero attached hydrogens (tertiary/aromatic N) is 4. The van der Waals surface area contributed by atoms with Gasteiger partial charge < -0.3 is 9.67 Å². The van der Waals surface area contributed by atoms with E-state index < -0.39 is 11.4 Å². The van der Waals surface area contributed by atoms with Crippen LogP contribution in [-0.2, 0) is 13.1 Å². The van der Waals surface area contributed by atoms with Gasteiger partial charge >= 0.3 is 5.97 Å². The fourth-order valence-electron chi connectivity index (χ4n) is 2.56. The second-order valence-electron chi connectivity index (χ2n) is 4.70. The molecule has 3 rings (SSSR count). The van der Waals surface area contributed by atoms with Gasteiger partial charge in [0.2, 0.25) is 5.43 Å². The number of hydrogen-bond acceptors (Lipinski definition) is 4. The quantitative estimate of drug-likeness (QED) is 0.787. The molecule has 0 radical (unpaired) electrons. The summed E-state index contributed by atoms with van der Waals surface area (Å²) < 4.78 is 3.47. The molecular formula is C14H14N4O3. The van der Waals surface area contributed by atoms with Crippen LogP contribution in [0.4, 0.5) is 0 Å². The molecule has 3 aromatic rings. The fraction of sp³-hybridized carbons (Fsp3) is 0.286. The van der Waals surface area contributed by atoms with Gasteiger partial charge in [-0.25, -0.2) is 9.48 Å². The number of aromatic carboxylic acids is 1. The summed E-state index contributed by atoms with van der Waals surface area (Å²) in [5, 5.41) is 17.7. The number of carboxylic acids is 1. The summed E-state index contributed by atoms with van der Waals surface area (Å²) in [7, 11) is 0. The Bertz CT molecular complexity index is 923. The van der Waals surface area contributed by atoms with Gasteiger partial charge in [0.05, 0.1) is 11.0 Å². The monoisotopic (exact) mass is 286 g/mol. The molecule has 21 heavy (non-hydrogen) atoms. The molecule has 0 unspecified atom stereocenters. The van der Waals surface area contributed by atoms with Gasteiger partial charge in [-0.2, -0.15) is 0 Å². The van der Waals surface area contributed by atoms with E-state index in [0.29, 0.717) is 29.5 Å². The Morgan fingerprint density at radius 3 is 2.67 bits per heavy atom. The van der Waals surface area contributed by atoms with Crippen LogP contribution in [-0.4, -0.2) is 30.6 Å². The maximum absolute atomic E-state index is 12.3. The highest BCUT2D eigenvalue weighted by Gasteiger charge is 2.17. The zero-order chi connectivity index (χ0) is 15.1. The molecule has 0 spiro atoms. The Morgan fingerprint density at radius 1 is 1.29 bits per heavy atom. The van der Waals surface area contributed by atoms with E-state index in [-0.39, 0.29) is 5.56 Å². The van der Waals surface area contributed by atoms with Crippen molar-refractivity contribution in [3.05, 3.63) is 34.1 Å². The molecule has 0 atom stereocenters. The first kappa shape index (κ1) is 13.3. The number of benzene rings is 1. The van der Waals surface area contributed by atoms with Gasteiger partial charge in [-0.15, -0.1) is 5.10 Å². The standard InChI is InChI=1S/C14H14N4O3/c1-3-17-7-9(14(20)21)13(19)8-5-6-10-11(12(8)17)15-16-18(10)4-2/h5-7H,3-4H2,1-2H3,(H,20,21). The maximum atomic E-state index is 12.3. The van der Waals surface area contributed by atoms with Gasteiger partial charge in [0, 0.05) is 24.7 Å². The summed E-state index contributed by atoms with van der Waals surface area (Å²) in [6.45, 7) is 5.05. The fourth-order valence-corrected chi connectivity index (χ4v) is 2.56. The third-order valence-electron chi connectivity index (χ3n) is 3.59. The zero-order valence-corrected chi connectivity index (χ0v) is 11.7. The summed E-state index contributed by atoms with van der Waals surface area (Å²) in [5.74, 6) is -1.22. The Labute approximate surface area is 119 Å². The Morgan fingerprint density at radius 2 is 2.05 bits per heavy atom. The Kier molecular flexibility index (Phi) is 2.97. The highest BCUT2D eigenvalue weighted by Crippen LogP contribution is 2.22. The molecule has 0 fully saturated rings. The number of aryl methyl sites for hydroxylation is 2. The molecule has 0 aliphatic heterocycles. The average molecular weight is 286 g/mol. The number of rotatable bonds is 3. The second kappa shape index (κ2) is 4.69. The molecular weight excluding hydrogens is 272 g/mol. The molecule has 1 N–H and O–H groups in total. The average Bonchev–Trinajstić information content (AvgIpc) is 2.90. The van der Waals surface area contributed by atoms with Crippen LogP contribution in [0.5, 0.6) is 0 Å². The van der Waals surface area contributed by atoms with Crippen molar-refractivity contribution in [2.24, 2.45) is 0 Å². The van der Waals surface area contributed by atoms with E-state index in [1.165, 1.54) is 6.20 Å². The lowest BCUT2D eigenvalue weighted by molar-refractivity contribution is 0.0695. The highest BCUT2D eigenvalue weighted by atomic mass is 16.4. The summed E-state index contributed by atoms with van der Waals surface area (Å²) in [4.78, 5) is 23.5. The number of hydrogen-bond donors (Lipinski definition) is 1. The lowest BCUT2D eigenvalue weighted by Crippen LogP contribution is -2.18. The van der Waals surface area contributed by atoms with Gasteiger partial charge in [0.1, 0.15) is 11.1 Å². The Balaban J connectivity index is 2.54. The van der Waals surface area contributed by atoms with Crippen molar-refractivity contribution in [2.45, 2.75) is 26.9 Å². The summed E-state index contributed by atoms with van der Waals surface area (Å²) in [5.41, 5.74) is 1.35. The molecule has 0 aliphatic carbocycles. The van der Waals surface area contributed by atoms with Crippen LogP contribution < -0.4 is 5.43 Å². The van der Waals surface area contributed by atoms with E-state index in [1.807, 2.05) is 13.8 Å². The van der Waals surface area contributed by atoms with Crippen molar-refractivity contribution in [1.82, 2.24) is 19.6 Å². The molecule has 7 heteroatoms. The van der Waals surface area contributed by atoms with Crippen LogP contribution in [0.1, 0.15) is 24.2 Å². The van der Waals surface area contributed by atoms with Crippen molar-refractivity contribution in [3.8, 4) is 0 Å². The number of carboxylic acid groups (broad SMARTS) is 1. The van der Waals surface area contributed by atoms with Crippen LogP contribution >= 0.6 is 0 Å². The first-order valence-electron chi connectivity index (χ1n) is 6.71. The van der Waals surface area contributed by atoms with Crippen molar-refractivity contribution < 1.29 is 9.90 Å². The van der Waals surface area contributed by atoms with E-state index in [9.17, 15) is 9.59 Å². The molecule has 0 saturated carbocycles. The minimum absolute atomic E-state index is 0.230. The van der Waals surface area contributed by atoms with Gasteiger partial charge in [-0.05, 0) is 26.0 Å². The topological polar surface area (TPSA) is 90.0 Å². The van der Waals surface area contributed by atoms with Crippen LogP contribution in [0.15, 0.2) is 23.1 Å². The molecule has 0 saturated heterocycles. The first-order valence-corrected chi connectivity index (χ1v) is 6.71. The smallest absolute Gasteiger partial charge is 0.341 e. The normalized spacial score (nSPS) is 11.3. The molecule has 108 valence electrons. The number of fused-ring (bicyclic) bond motifs is 3. The van der Waals surface area contributed by atoms with Gasteiger partial charge in [-0.3, -0.25) is 4.79 Å². The van der Waals surface area contributed by atoms with Crippen LogP contribution in [0.3, 0.4) is 0 Å². The third-order valence-corrected chi connectivity index (χ3v) is 3.59. The van der Waals surface area contributed by atoms with E-state index >= 15 is 0 Å². The molecule has 0 aliphatic rings. The van der Waals surface area contributed by atoms with Crippen LogP contribution in [0.25, 0.3) is 21.9 Å². The van der Waals surface area contributed by atoms with E-state index in [2.05, 4.69) is 10.3 Å². The summed E-state index contributed by atoms with van der Waals surface area (Å²) in [6, 6.07) is 3.41. The first-order chi connectivity index (χ1) is 10.1. The number of pyridine rings is 1. The van der Waals surface area contributed by atoms with Crippen molar-refractivity contribution in [2.75, 3.05) is 0 Å². The van der Waals surface area contributed by atoms with E-state index in [0.717, 1.165) is 5.52 Å². The highest BCUT2D eigenvalue weighted by molar-refractivity contribution is 6.03. The van der Waals surface area contributed by atoms with Crippen molar-refractivity contribution >= 4 is 27.9 Å². The predicted molar refractivity (Wildman–Crippen MR) is 77.6 cm³/mol. The van der Waals surface area contributed by atoms with Crippen LogP contribution in [0, 0.1) is 0 Å². The van der Waals surface area contributed by atoms with Gasteiger partial charge in [0.15, 0.2) is 0 Å². The van der Waals surface area contributed by atoms with E-state index in [1.54, 1.807) is 21.4 Å². The lowest BCUT2D eigenvalue weighted by atomic mass is 10.1. The summed E-state index contributed by atoms with van der Waals surface area (Å²) in [6.07, 6.45) is 1.37. The predicted octanol–water partition coefficient (Wildman–Crippen LogP) is 1.48. The minimum atomic E-state index is -1.22. The van der Waals surface area contributed by atoms with Crippen molar-refractivity contribution in [1.29, 1.82) is 0 Å². The van der Waals surface area contributed by atoms with E-state index in [4.69, 9.17) is 5.11 Å². The lowest BCUT2D eigenvalue weighted by Gasteiger charge is -2.10. The molecule has 2 aromatic heterocycles. The second-order valence-corrected chi connectivity index (χ2v) is 4.70. The SMILES string of the molecule is CCn1cc(C(=O)O)c(=O)c2ccc3c(nnn3CC)c21.